The first-order valence-electron chi connectivity index (χ1n) is 7.13. The largest absolute Gasteiger partial charge is 0.361 e. The molecule has 2 aromatic heterocycles. The van der Waals surface area contributed by atoms with Crippen LogP contribution in [0.4, 0.5) is 0 Å². The molecule has 0 atom stereocenters. The number of rotatable bonds is 4. The first kappa shape index (κ1) is 14.5. The summed E-state index contributed by atoms with van der Waals surface area (Å²) in [5.74, 6) is 1.47. The molecule has 0 unspecified atom stereocenters. The Morgan fingerprint density at radius 1 is 1.23 bits per heavy atom. The lowest BCUT2D eigenvalue weighted by Crippen LogP contribution is -2.22. The molecule has 0 amide bonds. The number of para-hydroxylation sites is 1. The summed E-state index contributed by atoms with van der Waals surface area (Å²) in [5, 5.41) is 4.57. The van der Waals surface area contributed by atoms with Gasteiger partial charge in [0.25, 0.3) is 5.56 Å². The van der Waals surface area contributed by atoms with Crippen LogP contribution in [-0.4, -0.2) is 27.1 Å². The normalized spacial score (nSPS) is 11.5. The van der Waals surface area contributed by atoms with Gasteiger partial charge in [-0.1, -0.05) is 17.3 Å². The minimum Gasteiger partial charge on any atom is -0.361 e. The van der Waals surface area contributed by atoms with Crippen molar-refractivity contribution < 1.29 is 4.52 Å². The number of H-pyrrole nitrogens is 1. The number of aryl methyl sites for hydroxylation is 2. The Kier molecular flexibility index (Phi) is 3.77. The standard InChI is InChI=1S/C16H18N4O2/c1-10-13(11(2)22-19-10)8-20(3)9-15-17-14-7-5-4-6-12(14)16(21)18-15/h4-7H,8-9H2,1-3H3,(H,17,18,21). The minimum atomic E-state index is -0.105. The van der Waals surface area contributed by atoms with Crippen LogP contribution >= 0.6 is 0 Å². The van der Waals surface area contributed by atoms with Crippen LogP contribution in [0.1, 0.15) is 22.8 Å². The number of benzene rings is 1. The van der Waals surface area contributed by atoms with Crippen molar-refractivity contribution in [3.8, 4) is 0 Å². The van der Waals surface area contributed by atoms with Gasteiger partial charge in [-0.2, -0.15) is 0 Å². The summed E-state index contributed by atoms with van der Waals surface area (Å²) in [4.78, 5) is 21.5. The Morgan fingerprint density at radius 3 is 2.73 bits per heavy atom. The van der Waals surface area contributed by atoms with Gasteiger partial charge >= 0.3 is 0 Å². The molecule has 6 heteroatoms. The van der Waals surface area contributed by atoms with E-state index < -0.39 is 0 Å². The molecule has 6 nitrogen and oxygen atoms in total. The van der Waals surface area contributed by atoms with E-state index in [0.29, 0.717) is 29.8 Å². The fourth-order valence-corrected chi connectivity index (χ4v) is 2.52. The molecule has 0 fully saturated rings. The number of hydrogen-bond acceptors (Lipinski definition) is 5. The lowest BCUT2D eigenvalue weighted by atomic mass is 10.2. The maximum absolute atomic E-state index is 12.1. The number of aromatic nitrogens is 3. The fourth-order valence-electron chi connectivity index (χ4n) is 2.52. The van der Waals surface area contributed by atoms with Gasteiger partial charge in [0.1, 0.15) is 11.6 Å². The Bertz CT molecular complexity index is 846. The van der Waals surface area contributed by atoms with E-state index in [4.69, 9.17) is 4.52 Å². The third-order valence-electron chi connectivity index (χ3n) is 3.69. The van der Waals surface area contributed by atoms with Crippen molar-refractivity contribution in [1.82, 2.24) is 20.0 Å². The average molecular weight is 298 g/mol. The van der Waals surface area contributed by atoms with Gasteiger partial charge in [-0.05, 0) is 33.0 Å². The monoisotopic (exact) mass is 298 g/mol. The van der Waals surface area contributed by atoms with E-state index in [1.54, 1.807) is 6.07 Å². The van der Waals surface area contributed by atoms with E-state index in [9.17, 15) is 4.79 Å². The molecule has 22 heavy (non-hydrogen) atoms. The van der Waals surface area contributed by atoms with Crippen molar-refractivity contribution in [2.45, 2.75) is 26.9 Å². The predicted molar refractivity (Wildman–Crippen MR) is 83.5 cm³/mol. The molecular formula is C16H18N4O2. The average Bonchev–Trinajstić information content (AvgIpc) is 2.79. The zero-order valence-corrected chi connectivity index (χ0v) is 12.9. The molecular weight excluding hydrogens is 280 g/mol. The van der Waals surface area contributed by atoms with Crippen molar-refractivity contribution in [3.63, 3.8) is 0 Å². The van der Waals surface area contributed by atoms with Crippen LogP contribution < -0.4 is 5.56 Å². The molecule has 0 saturated heterocycles. The smallest absolute Gasteiger partial charge is 0.258 e. The van der Waals surface area contributed by atoms with E-state index in [1.165, 1.54) is 0 Å². The quantitative estimate of drug-likeness (QED) is 0.799. The molecule has 0 bridgehead atoms. The molecule has 0 aliphatic carbocycles. The third kappa shape index (κ3) is 2.78. The molecule has 3 rings (SSSR count). The molecule has 3 aromatic rings. The fraction of sp³-hybridized carbons (Fsp3) is 0.312. The lowest BCUT2D eigenvalue weighted by Gasteiger charge is -2.15. The highest BCUT2D eigenvalue weighted by molar-refractivity contribution is 5.77. The van der Waals surface area contributed by atoms with E-state index in [1.807, 2.05) is 39.1 Å². The molecule has 0 aliphatic heterocycles. The highest BCUT2D eigenvalue weighted by Gasteiger charge is 2.13. The van der Waals surface area contributed by atoms with Crippen LogP contribution in [0.2, 0.25) is 0 Å². The minimum absolute atomic E-state index is 0.105. The van der Waals surface area contributed by atoms with Crippen LogP contribution in [-0.2, 0) is 13.1 Å². The first-order valence-corrected chi connectivity index (χ1v) is 7.13. The van der Waals surface area contributed by atoms with Crippen LogP contribution in [0.25, 0.3) is 10.9 Å². The summed E-state index contributed by atoms with van der Waals surface area (Å²) >= 11 is 0. The highest BCUT2D eigenvalue weighted by atomic mass is 16.5. The van der Waals surface area contributed by atoms with Crippen molar-refractivity contribution in [2.75, 3.05) is 7.05 Å². The van der Waals surface area contributed by atoms with E-state index in [2.05, 4.69) is 20.0 Å². The van der Waals surface area contributed by atoms with Crippen LogP contribution in [0, 0.1) is 13.8 Å². The van der Waals surface area contributed by atoms with Gasteiger partial charge in [0, 0.05) is 12.1 Å². The molecule has 1 N–H and O–H groups in total. The second-order valence-electron chi connectivity index (χ2n) is 5.50. The Hall–Kier alpha value is -2.47. The van der Waals surface area contributed by atoms with Crippen molar-refractivity contribution in [3.05, 3.63) is 57.5 Å². The molecule has 0 saturated carbocycles. The number of fused-ring (bicyclic) bond motifs is 1. The Morgan fingerprint density at radius 2 is 2.00 bits per heavy atom. The topological polar surface area (TPSA) is 75.0 Å². The van der Waals surface area contributed by atoms with Crippen LogP contribution in [0.3, 0.4) is 0 Å². The SMILES string of the molecule is Cc1noc(C)c1CN(C)Cc1nc2ccccc2c(=O)[nH]1. The summed E-state index contributed by atoms with van der Waals surface area (Å²) in [6, 6.07) is 7.34. The van der Waals surface area contributed by atoms with Crippen LogP contribution in [0.15, 0.2) is 33.6 Å². The second-order valence-corrected chi connectivity index (χ2v) is 5.50. The maximum atomic E-state index is 12.1. The number of nitrogens with one attached hydrogen (secondary N) is 1. The van der Waals surface area contributed by atoms with Crippen molar-refractivity contribution in [2.24, 2.45) is 0 Å². The molecule has 0 aliphatic rings. The summed E-state index contributed by atoms with van der Waals surface area (Å²) < 4.78 is 5.17. The van der Waals surface area contributed by atoms with Crippen molar-refractivity contribution in [1.29, 1.82) is 0 Å². The number of nitrogens with zero attached hydrogens (tertiary/aromatic N) is 3. The maximum Gasteiger partial charge on any atom is 0.258 e. The molecule has 0 radical (unpaired) electrons. The van der Waals surface area contributed by atoms with Gasteiger partial charge in [0.05, 0.1) is 23.1 Å². The van der Waals surface area contributed by atoms with Gasteiger partial charge in [-0.3, -0.25) is 9.69 Å². The van der Waals surface area contributed by atoms with Crippen LogP contribution in [0.5, 0.6) is 0 Å². The summed E-state index contributed by atoms with van der Waals surface area (Å²) in [6.07, 6.45) is 0. The molecule has 1 aromatic carbocycles. The zero-order chi connectivity index (χ0) is 15.7. The first-order chi connectivity index (χ1) is 10.5. The number of hydrogen-bond donors (Lipinski definition) is 1. The van der Waals surface area contributed by atoms with E-state index >= 15 is 0 Å². The van der Waals surface area contributed by atoms with E-state index in [-0.39, 0.29) is 5.56 Å². The highest BCUT2D eigenvalue weighted by Crippen LogP contribution is 2.15. The summed E-state index contributed by atoms with van der Waals surface area (Å²) in [5.41, 5.74) is 2.58. The van der Waals surface area contributed by atoms with Gasteiger partial charge in [-0.25, -0.2) is 4.98 Å². The van der Waals surface area contributed by atoms with Gasteiger partial charge in [0.2, 0.25) is 0 Å². The van der Waals surface area contributed by atoms with E-state index in [0.717, 1.165) is 17.0 Å². The molecule has 0 spiro atoms. The van der Waals surface area contributed by atoms with Gasteiger partial charge in [-0.15, -0.1) is 0 Å². The van der Waals surface area contributed by atoms with Gasteiger partial charge in [0.15, 0.2) is 0 Å². The summed E-state index contributed by atoms with van der Waals surface area (Å²) in [7, 11) is 1.97. The predicted octanol–water partition coefficient (Wildman–Crippen LogP) is 2.16. The molecule has 2 heterocycles. The Balaban J connectivity index is 1.82. The zero-order valence-electron chi connectivity index (χ0n) is 12.9. The summed E-state index contributed by atoms with van der Waals surface area (Å²) in [6.45, 7) is 5.07. The second kappa shape index (κ2) is 5.73. The van der Waals surface area contributed by atoms with Gasteiger partial charge < -0.3 is 9.51 Å². The Labute approximate surface area is 127 Å². The lowest BCUT2D eigenvalue weighted by molar-refractivity contribution is 0.307. The third-order valence-corrected chi connectivity index (χ3v) is 3.69. The molecule has 114 valence electrons. The van der Waals surface area contributed by atoms with Crippen molar-refractivity contribution >= 4 is 10.9 Å². The number of aromatic amines is 1.